The molecule has 1 aliphatic rings. The van der Waals surface area contributed by atoms with Crippen molar-refractivity contribution in [2.24, 2.45) is 0 Å². The van der Waals surface area contributed by atoms with Crippen LogP contribution in [-0.4, -0.2) is 32.1 Å². The van der Waals surface area contributed by atoms with Crippen LogP contribution in [0.25, 0.3) is 22.4 Å². The molecule has 3 aromatic rings. The van der Waals surface area contributed by atoms with Crippen molar-refractivity contribution in [2.75, 3.05) is 6.54 Å². The van der Waals surface area contributed by atoms with Gasteiger partial charge in [-0.2, -0.15) is 10.4 Å². The SMILES string of the molecule is C=CC(=O)N1CCn2nc(-c3ccc(F)c(C#N)c3)c(-c3ccncc3)c2C1. The number of amides is 1. The highest BCUT2D eigenvalue weighted by Gasteiger charge is 2.27. The van der Waals surface area contributed by atoms with Gasteiger partial charge in [0.15, 0.2) is 0 Å². The van der Waals surface area contributed by atoms with Crippen LogP contribution in [0, 0.1) is 17.1 Å². The summed E-state index contributed by atoms with van der Waals surface area (Å²) < 4.78 is 15.7. The summed E-state index contributed by atoms with van der Waals surface area (Å²) in [6.45, 7) is 5.03. The monoisotopic (exact) mass is 373 g/mol. The number of carbonyl (C=O) groups is 1. The van der Waals surface area contributed by atoms with Gasteiger partial charge in [-0.1, -0.05) is 6.58 Å². The average molecular weight is 373 g/mol. The maximum absolute atomic E-state index is 13.8. The van der Waals surface area contributed by atoms with E-state index in [4.69, 9.17) is 5.10 Å². The number of nitrogens with zero attached hydrogens (tertiary/aromatic N) is 5. The molecular weight excluding hydrogens is 357 g/mol. The summed E-state index contributed by atoms with van der Waals surface area (Å²) in [5.41, 5.74) is 3.87. The maximum atomic E-state index is 13.8. The molecule has 0 bridgehead atoms. The number of nitriles is 1. The van der Waals surface area contributed by atoms with Crippen molar-refractivity contribution in [3.8, 4) is 28.5 Å². The Morgan fingerprint density at radius 3 is 2.71 bits per heavy atom. The van der Waals surface area contributed by atoms with Crippen LogP contribution in [0.3, 0.4) is 0 Å². The molecule has 0 saturated heterocycles. The van der Waals surface area contributed by atoms with Crippen molar-refractivity contribution in [2.45, 2.75) is 13.1 Å². The van der Waals surface area contributed by atoms with Crippen LogP contribution in [0.15, 0.2) is 55.4 Å². The molecule has 0 radical (unpaired) electrons. The van der Waals surface area contributed by atoms with Crippen LogP contribution in [-0.2, 0) is 17.9 Å². The maximum Gasteiger partial charge on any atom is 0.246 e. The highest BCUT2D eigenvalue weighted by Crippen LogP contribution is 2.36. The lowest BCUT2D eigenvalue weighted by atomic mass is 9.98. The third-order valence-corrected chi connectivity index (χ3v) is 4.80. The molecule has 138 valence electrons. The molecule has 0 atom stereocenters. The first-order valence-electron chi connectivity index (χ1n) is 8.74. The number of carbonyl (C=O) groups excluding carboxylic acids is 1. The zero-order valence-corrected chi connectivity index (χ0v) is 15.0. The molecule has 0 saturated carbocycles. The number of fused-ring (bicyclic) bond motifs is 1. The predicted molar refractivity (Wildman–Crippen MR) is 101 cm³/mol. The van der Waals surface area contributed by atoms with Crippen LogP contribution in [0.2, 0.25) is 0 Å². The Hall–Kier alpha value is -3.79. The van der Waals surface area contributed by atoms with E-state index in [0.717, 1.165) is 16.8 Å². The van der Waals surface area contributed by atoms with Gasteiger partial charge in [-0.05, 0) is 42.0 Å². The fourth-order valence-electron chi connectivity index (χ4n) is 3.42. The van der Waals surface area contributed by atoms with Gasteiger partial charge in [0.2, 0.25) is 5.91 Å². The lowest BCUT2D eigenvalue weighted by Gasteiger charge is -2.27. The van der Waals surface area contributed by atoms with Gasteiger partial charge in [-0.25, -0.2) is 4.39 Å². The van der Waals surface area contributed by atoms with Crippen molar-refractivity contribution < 1.29 is 9.18 Å². The Kier molecular flexibility index (Phi) is 4.45. The standard InChI is InChI=1S/C21H16FN5O/c1-2-19(28)26-9-10-27-18(13-26)20(14-5-7-24-8-6-14)21(25-27)15-3-4-17(22)16(11-15)12-23/h2-8,11H,1,9-10,13H2. The number of hydrogen-bond donors (Lipinski definition) is 0. The third kappa shape index (κ3) is 2.95. The summed E-state index contributed by atoms with van der Waals surface area (Å²) in [5, 5.41) is 13.9. The van der Waals surface area contributed by atoms with Gasteiger partial charge >= 0.3 is 0 Å². The van der Waals surface area contributed by atoms with Crippen molar-refractivity contribution >= 4 is 5.91 Å². The summed E-state index contributed by atoms with van der Waals surface area (Å²) in [4.78, 5) is 17.9. The minimum Gasteiger partial charge on any atom is -0.331 e. The fourth-order valence-corrected chi connectivity index (χ4v) is 3.42. The molecule has 0 aliphatic carbocycles. The summed E-state index contributed by atoms with van der Waals surface area (Å²) in [6.07, 6.45) is 4.67. The molecule has 0 N–H and O–H groups in total. The number of rotatable bonds is 3. The van der Waals surface area contributed by atoms with Gasteiger partial charge in [0.05, 0.1) is 24.3 Å². The molecule has 0 unspecified atom stereocenters. The Morgan fingerprint density at radius 1 is 1.21 bits per heavy atom. The van der Waals surface area contributed by atoms with E-state index in [1.807, 2.05) is 22.9 Å². The van der Waals surface area contributed by atoms with Gasteiger partial charge < -0.3 is 4.90 Å². The molecule has 3 heterocycles. The fraction of sp³-hybridized carbons (Fsp3) is 0.143. The first-order valence-corrected chi connectivity index (χ1v) is 8.74. The quantitative estimate of drug-likeness (QED) is 0.661. The second-order valence-electron chi connectivity index (χ2n) is 6.40. The number of pyridine rings is 1. The number of halogens is 1. The summed E-state index contributed by atoms with van der Waals surface area (Å²) in [5.74, 6) is -0.702. The number of hydrogen-bond acceptors (Lipinski definition) is 4. The van der Waals surface area contributed by atoms with Crippen LogP contribution in [0.4, 0.5) is 4.39 Å². The molecule has 28 heavy (non-hydrogen) atoms. The summed E-state index contributed by atoms with van der Waals surface area (Å²) in [7, 11) is 0. The Morgan fingerprint density at radius 2 is 2.00 bits per heavy atom. The molecule has 4 rings (SSSR count). The van der Waals surface area contributed by atoms with Crippen molar-refractivity contribution in [1.82, 2.24) is 19.7 Å². The molecule has 0 spiro atoms. The van der Waals surface area contributed by atoms with E-state index in [2.05, 4.69) is 11.6 Å². The van der Waals surface area contributed by atoms with Crippen LogP contribution in [0.1, 0.15) is 11.3 Å². The van der Waals surface area contributed by atoms with Crippen LogP contribution < -0.4 is 0 Å². The lowest BCUT2D eigenvalue weighted by molar-refractivity contribution is -0.127. The molecule has 7 heteroatoms. The van der Waals surface area contributed by atoms with E-state index >= 15 is 0 Å². The molecule has 1 aromatic carbocycles. The average Bonchev–Trinajstić information content (AvgIpc) is 3.12. The third-order valence-electron chi connectivity index (χ3n) is 4.80. The van der Waals surface area contributed by atoms with E-state index in [9.17, 15) is 14.4 Å². The van der Waals surface area contributed by atoms with Gasteiger partial charge in [-0.15, -0.1) is 0 Å². The van der Waals surface area contributed by atoms with Gasteiger partial charge in [-0.3, -0.25) is 14.5 Å². The van der Waals surface area contributed by atoms with E-state index in [-0.39, 0.29) is 11.5 Å². The van der Waals surface area contributed by atoms with Crippen molar-refractivity contribution in [1.29, 1.82) is 5.26 Å². The molecule has 1 amide bonds. The first kappa shape index (κ1) is 17.6. The normalized spacial score (nSPS) is 12.9. The molecule has 6 nitrogen and oxygen atoms in total. The zero-order valence-electron chi connectivity index (χ0n) is 15.0. The molecular formula is C21H16FN5O. The Balaban J connectivity index is 1.91. The Labute approximate surface area is 161 Å². The van der Waals surface area contributed by atoms with Crippen molar-refractivity contribution in [3.63, 3.8) is 0 Å². The summed E-state index contributed by atoms with van der Waals surface area (Å²) >= 11 is 0. The highest BCUT2D eigenvalue weighted by molar-refractivity contribution is 5.88. The van der Waals surface area contributed by atoms with E-state index in [0.29, 0.717) is 30.9 Å². The zero-order chi connectivity index (χ0) is 19.7. The topological polar surface area (TPSA) is 74.8 Å². The highest BCUT2D eigenvalue weighted by atomic mass is 19.1. The van der Waals surface area contributed by atoms with Gasteiger partial charge in [0, 0.05) is 30.1 Å². The van der Waals surface area contributed by atoms with Gasteiger partial charge in [0.25, 0.3) is 0 Å². The van der Waals surface area contributed by atoms with E-state index in [1.165, 1.54) is 18.2 Å². The molecule has 2 aromatic heterocycles. The summed E-state index contributed by atoms with van der Waals surface area (Å²) in [6, 6.07) is 9.99. The van der Waals surface area contributed by atoms with Crippen molar-refractivity contribution in [3.05, 3.63) is 72.5 Å². The van der Waals surface area contributed by atoms with Gasteiger partial charge in [0.1, 0.15) is 17.6 Å². The second kappa shape index (κ2) is 7.08. The first-order chi connectivity index (χ1) is 13.6. The van der Waals surface area contributed by atoms with Crippen LogP contribution in [0.5, 0.6) is 0 Å². The Bertz CT molecular complexity index is 1110. The predicted octanol–water partition coefficient (Wildman–Crippen LogP) is 3.15. The smallest absolute Gasteiger partial charge is 0.246 e. The van der Waals surface area contributed by atoms with E-state index < -0.39 is 5.82 Å². The lowest BCUT2D eigenvalue weighted by Crippen LogP contribution is -2.37. The number of benzene rings is 1. The van der Waals surface area contributed by atoms with Crippen LogP contribution >= 0.6 is 0 Å². The largest absolute Gasteiger partial charge is 0.331 e. The molecule has 1 aliphatic heterocycles. The second-order valence-corrected chi connectivity index (χ2v) is 6.40. The van der Waals surface area contributed by atoms with E-state index in [1.54, 1.807) is 23.4 Å². The molecule has 0 fully saturated rings. The minimum atomic E-state index is -0.566. The number of aromatic nitrogens is 3. The minimum absolute atomic E-state index is 0.0346.